The molecule has 0 radical (unpaired) electrons. The Morgan fingerprint density at radius 2 is 1.44 bits per heavy atom. The van der Waals surface area contributed by atoms with Crippen molar-refractivity contribution in [3.05, 3.63) is 120 Å². The van der Waals surface area contributed by atoms with Gasteiger partial charge in [0.15, 0.2) is 0 Å². The maximum absolute atomic E-state index is 13.3. The lowest BCUT2D eigenvalue weighted by molar-refractivity contribution is 0.0954. The quantitative estimate of drug-likeness (QED) is 0.300. The summed E-state index contributed by atoms with van der Waals surface area (Å²) in [5.74, 6) is 1.22. The number of carbonyl (C=O) groups excluding carboxylic acids is 2. The predicted molar refractivity (Wildman–Crippen MR) is 144 cm³/mol. The van der Waals surface area contributed by atoms with Crippen molar-refractivity contribution < 1.29 is 14.3 Å². The molecule has 0 saturated carbocycles. The van der Waals surface area contributed by atoms with Crippen LogP contribution in [0.1, 0.15) is 21.5 Å². The van der Waals surface area contributed by atoms with Crippen LogP contribution in [0, 0.1) is 13.8 Å². The molecule has 0 bridgehead atoms. The summed E-state index contributed by atoms with van der Waals surface area (Å²) in [7, 11) is 0. The number of anilines is 2. The van der Waals surface area contributed by atoms with Gasteiger partial charge in [-0.1, -0.05) is 48.0 Å². The largest absolute Gasteiger partial charge is 0.457 e. The first kappa shape index (κ1) is 24.5. The van der Waals surface area contributed by atoms with Crippen molar-refractivity contribution in [2.75, 3.05) is 23.3 Å². The second kappa shape index (κ2) is 11.7. The molecule has 0 spiro atoms. The van der Waals surface area contributed by atoms with Crippen molar-refractivity contribution in [3.63, 3.8) is 0 Å². The zero-order valence-corrected chi connectivity index (χ0v) is 20.4. The van der Waals surface area contributed by atoms with E-state index in [1.54, 1.807) is 17.0 Å². The van der Waals surface area contributed by atoms with E-state index in [0.29, 0.717) is 22.7 Å². The molecule has 0 saturated heterocycles. The van der Waals surface area contributed by atoms with Gasteiger partial charge in [0.25, 0.3) is 5.91 Å². The third-order valence-electron chi connectivity index (χ3n) is 5.58. The molecule has 0 fully saturated rings. The first-order valence-corrected chi connectivity index (χ1v) is 11.8. The topological polar surface area (TPSA) is 70.7 Å². The highest BCUT2D eigenvalue weighted by Gasteiger charge is 2.17. The predicted octanol–water partition coefficient (Wildman–Crippen LogP) is 6.56. The van der Waals surface area contributed by atoms with Gasteiger partial charge < -0.3 is 15.4 Å². The van der Waals surface area contributed by atoms with Crippen molar-refractivity contribution in [3.8, 4) is 11.5 Å². The summed E-state index contributed by atoms with van der Waals surface area (Å²) >= 11 is 0. The van der Waals surface area contributed by atoms with Gasteiger partial charge in [0.2, 0.25) is 0 Å². The Kier molecular flexibility index (Phi) is 7.98. The molecule has 3 amide bonds. The van der Waals surface area contributed by atoms with Gasteiger partial charge in [0.05, 0.1) is 0 Å². The number of rotatable bonds is 8. The summed E-state index contributed by atoms with van der Waals surface area (Å²) in [6.07, 6.45) is 0. The number of nitrogens with zero attached hydrogens (tertiary/aromatic N) is 1. The zero-order chi connectivity index (χ0) is 25.3. The van der Waals surface area contributed by atoms with Crippen LogP contribution in [0.15, 0.2) is 103 Å². The SMILES string of the molecule is Cc1ccc(C(=O)NCCN(C(=O)Nc2cccc(C)c2)c2ccc(Oc3ccccc3)cc2)cc1. The standard InChI is InChI=1S/C30H29N3O3/c1-22-11-13-24(14-12-22)29(34)31-19-20-33(30(35)32-25-8-6-7-23(2)21-25)26-15-17-28(18-16-26)36-27-9-4-3-5-10-27/h3-18,21H,19-20H2,1-2H3,(H,31,34)(H,32,35). The Balaban J connectivity index is 1.47. The minimum atomic E-state index is -0.290. The lowest BCUT2D eigenvalue weighted by Gasteiger charge is -2.24. The van der Waals surface area contributed by atoms with Crippen LogP contribution in [0.3, 0.4) is 0 Å². The Bertz CT molecular complexity index is 1300. The molecule has 6 heteroatoms. The second-order valence-electron chi connectivity index (χ2n) is 8.48. The molecule has 4 aromatic rings. The molecule has 0 aliphatic rings. The number of urea groups is 1. The highest BCUT2D eigenvalue weighted by atomic mass is 16.5. The highest BCUT2D eigenvalue weighted by Crippen LogP contribution is 2.25. The lowest BCUT2D eigenvalue weighted by Crippen LogP contribution is -2.41. The van der Waals surface area contributed by atoms with Gasteiger partial charge in [-0.15, -0.1) is 0 Å². The van der Waals surface area contributed by atoms with Gasteiger partial charge in [-0.2, -0.15) is 0 Å². The van der Waals surface area contributed by atoms with Crippen LogP contribution in [-0.4, -0.2) is 25.0 Å². The van der Waals surface area contributed by atoms with E-state index in [2.05, 4.69) is 10.6 Å². The maximum Gasteiger partial charge on any atom is 0.326 e. The van der Waals surface area contributed by atoms with Crippen LogP contribution >= 0.6 is 0 Å². The summed E-state index contributed by atoms with van der Waals surface area (Å²) in [5.41, 5.74) is 4.11. The van der Waals surface area contributed by atoms with Crippen LogP contribution in [0.25, 0.3) is 0 Å². The Morgan fingerprint density at radius 1 is 0.750 bits per heavy atom. The van der Waals surface area contributed by atoms with Crippen molar-refractivity contribution in [1.82, 2.24) is 5.32 Å². The molecule has 4 rings (SSSR count). The summed E-state index contributed by atoms with van der Waals surface area (Å²) < 4.78 is 5.88. The first-order chi connectivity index (χ1) is 17.5. The molecular formula is C30H29N3O3. The van der Waals surface area contributed by atoms with Gasteiger partial charge in [0.1, 0.15) is 11.5 Å². The molecule has 0 unspecified atom stereocenters. The smallest absolute Gasteiger partial charge is 0.326 e. The van der Waals surface area contributed by atoms with E-state index >= 15 is 0 Å². The summed E-state index contributed by atoms with van der Waals surface area (Å²) in [5, 5.41) is 5.86. The zero-order valence-electron chi connectivity index (χ0n) is 20.4. The van der Waals surface area contributed by atoms with Crippen LogP contribution < -0.4 is 20.3 Å². The molecule has 6 nitrogen and oxygen atoms in total. The molecule has 0 atom stereocenters. The number of hydrogen-bond donors (Lipinski definition) is 2. The van der Waals surface area contributed by atoms with Crippen molar-refractivity contribution in [2.24, 2.45) is 0 Å². The van der Waals surface area contributed by atoms with Crippen LogP contribution in [0.2, 0.25) is 0 Å². The fourth-order valence-electron chi connectivity index (χ4n) is 3.67. The third kappa shape index (κ3) is 6.73. The summed E-state index contributed by atoms with van der Waals surface area (Å²) in [6, 6.07) is 31.5. The Morgan fingerprint density at radius 3 is 2.14 bits per heavy atom. The van der Waals surface area contributed by atoms with E-state index < -0.39 is 0 Å². The van der Waals surface area contributed by atoms with Crippen molar-refractivity contribution in [1.29, 1.82) is 0 Å². The normalized spacial score (nSPS) is 10.4. The lowest BCUT2D eigenvalue weighted by atomic mass is 10.1. The van der Waals surface area contributed by atoms with Crippen molar-refractivity contribution in [2.45, 2.75) is 13.8 Å². The van der Waals surface area contributed by atoms with E-state index in [0.717, 1.165) is 16.9 Å². The molecular weight excluding hydrogens is 450 g/mol. The number of para-hydroxylation sites is 1. The molecule has 0 aromatic heterocycles. The maximum atomic E-state index is 13.3. The number of benzene rings is 4. The van der Waals surface area contributed by atoms with Gasteiger partial charge in [-0.25, -0.2) is 4.79 Å². The third-order valence-corrected chi connectivity index (χ3v) is 5.58. The fourth-order valence-corrected chi connectivity index (χ4v) is 3.67. The molecule has 4 aromatic carbocycles. The Labute approximate surface area is 211 Å². The number of carbonyl (C=O) groups is 2. The van der Waals surface area contributed by atoms with E-state index in [1.807, 2.05) is 105 Å². The van der Waals surface area contributed by atoms with Gasteiger partial charge in [0, 0.05) is 30.0 Å². The molecule has 0 heterocycles. The highest BCUT2D eigenvalue weighted by molar-refractivity contribution is 6.02. The molecule has 36 heavy (non-hydrogen) atoms. The number of amides is 3. The second-order valence-corrected chi connectivity index (χ2v) is 8.48. The van der Waals surface area contributed by atoms with Crippen molar-refractivity contribution >= 4 is 23.3 Å². The first-order valence-electron chi connectivity index (χ1n) is 11.8. The minimum absolute atomic E-state index is 0.180. The van der Waals surface area contributed by atoms with Crippen LogP contribution in [0.5, 0.6) is 11.5 Å². The van der Waals surface area contributed by atoms with Crippen LogP contribution in [-0.2, 0) is 0 Å². The average molecular weight is 480 g/mol. The molecule has 0 aliphatic heterocycles. The fraction of sp³-hybridized carbons (Fsp3) is 0.133. The van der Waals surface area contributed by atoms with E-state index in [9.17, 15) is 9.59 Å². The number of nitrogens with one attached hydrogen (secondary N) is 2. The van der Waals surface area contributed by atoms with E-state index in [1.165, 1.54) is 0 Å². The van der Waals surface area contributed by atoms with Crippen LogP contribution in [0.4, 0.5) is 16.2 Å². The van der Waals surface area contributed by atoms with E-state index in [4.69, 9.17) is 4.74 Å². The van der Waals surface area contributed by atoms with Gasteiger partial charge in [-0.3, -0.25) is 9.69 Å². The summed E-state index contributed by atoms with van der Waals surface area (Å²) in [6.45, 7) is 4.52. The monoisotopic (exact) mass is 479 g/mol. The van der Waals surface area contributed by atoms with E-state index in [-0.39, 0.29) is 25.0 Å². The molecule has 2 N–H and O–H groups in total. The Hall–Kier alpha value is -4.58. The minimum Gasteiger partial charge on any atom is -0.457 e. The molecule has 0 aliphatic carbocycles. The van der Waals surface area contributed by atoms with Gasteiger partial charge >= 0.3 is 6.03 Å². The number of ether oxygens (including phenoxy) is 1. The summed E-state index contributed by atoms with van der Waals surface area (Å²) in [4.78, 5) is 27.4. The average Bonchev–Trinajstić information content (AvgIpc) is 2.88. The van der Waals surface area contributed by atoms with Gasteiger partial charge in [-0.05, 0) is 80.1 Å². The number of aryl methyl sites for hydroxylation is 2. The molecule has 182 valence electrons. The number of hydrogen-bond acceptors (Lipinski definition) is 3.